The lowest BCUT2D eigenvalue weighted by Crippen LogP contribution is -2.44. The van der Waals surface area contributed by atoms with Gasteiger partial charge in [0.2, 0.25) is 0 Å². The maximum atomic E-state index is 12.9. The smallest absolute Gasteiger partial charge is 0.344 e. The van der Waals surface area contributed by atoms with E-state index in [0.29, 0.717) is 11.0 Å². The number of unbranched alkanes of at least 4 members (excludes halogenated alkanes) is 3. The second-order valence-electron chi connectivity index (χ2n) is 11.5. The zero-order chi connectivity index (χ0) is 24.6. The summed E-state index contributed by atoms with van der Waals surface area (Å²) in [5.41, 5.74) is 1.48. The zero-order valence-electron chi connectivity index (χ0n) is 21.5. The van der Waals surface area contributed by atoms with Gasteiger partial charge in [0.25, 0.3) is 8.32 Å². The quantitative estimate of drug-likeness (QED) is 0.0880. The molecular formula is C28H39IO3Si. The van der Waals surface area contributed by atoms with Crippen molar-refractivity contribution in [3.8, 4) is 5.75 Å². The molecule has 0 aliphatic rings. The first-order valence-corrected chi connectivity index (χ1v) is 16.1. The Morgan fingerprint density at radius 2 is 1.67 bits per heavy atom. The molecule has 33 heavy (non-hydrogen) atoms. The van der Waals surface area contributed by atoms with E-state index in [1.807, 2.05) is 12.1 Å². The summed E-state index contributed by atoms with van der Waals surface area (Å²) in [6, 6.07) is 10.2. The third-order valence-electron chi connectivity index (χ3n) is 7.35. The van der Waals surface area contributed by atoms with Gasteiger partial charge in [-0.2, -0.15) is 0 Å². The van der Waals surface area contributed by atoms with Gasteiger partial charge in [-0.05, 0) is 88.5 Å². The summed E-state index contributed by atoms with van der Waals surface area (Å²) in [6.07, 6.45) is 6.04. The van der Waals surface area contributed by atoms with Crippen molar-refractivity contribution < 1.29 is 8.84 Å². The summed E-state index contributed by atoms with van der Waals surface area (Å²) in [7, 11) is -2.12. The normalized spacial score (nSPS) is 13.1. The van der Waals surface area contributed by atoms with Crippen LogP contribution in [0.1, 0.15) is 79.2 Å². The number of benzene rings is 2. The van der Waals surface area contributed by atoms with E-state index in [0.717, 1.165) is 26.5 Å². The van der Waals surface area contributed by atoms with Crippen molar-refractivity contribution in [3.63, 3.8) is 0 Å². The van der Waals surface area contributed by atoms with Crippen molar-refractivity contribution >= 4 is 52.6 Å². The van der Waals surface area contributed by atoms with Gasteiger partial charge >= 0.3 is 5.63 Å². The Morgan fingerprint density at radius 3 is 2.30 bits per heavy atom. The Balaban J connectivity index is 2.26. The van der Waals surface area contributed by atoms with E-state index in [-0.39, 0.29) is 16.1 Å². The van der Waals surface area contributed by atoms with Gasteiger partial charge in [0, 0.05) is 8.96 Å². The van der Waals surface area contributed by atoms with Crippen LogP contribution in [-0.4, -0.2) is 8.32 Å². The third-order valence-corrected chi connectivity index (χ3v) is 12.4. The van der Waals surface area contributed by atoms with Crippen molar-refractivity contribution in [2.75, 3.05) is 0 Å². The van der Waals surface area contributed by atoms with Gasteiger partial charge in [-0.1, -0.05) is 67.2 Å². The van der Waals surface area contributed by atoms with Crippen LogP contribution in [0.25, 0.3) is 21.7 Å². The highest BCUT2D eigenvalue weighted by atomic mass is 127. The highest BCUT2D eigenvalue weighted by Gasteiger charge is 2.40. The van der Waals surface area contributed by atoms with Gasteiger partial charge < -0.3 is 8.84 Å². The van der Waals surface area contributed by atoms with Gasteiger partial charge in [-0.15, -0.1) is 0 Å². The molecule has 0 aliphatic carbocycles. The van der Waals surface area contributed by atoms with Crippen LogP contribution in [0.3, 0.4) is 0 Å². The number of hydrogen-bond acceptors (Lipinski definition) is 3. The molecule has 3 rings (SSSR count). The van der Waals surface area contributed by atoms with E-state index in [4.69, 9.17) is 8.84 Å². The van der Waals surface area contributed by atoms with Gasteiger partial charge in [0.15, 0.2) is 0 Å². The van der Waals surface area contributed by atoms with Gasteiger partial charge in [0.1, 0.15) is 11.3 Å². The fourth-order valence-corrected chi connectivity index (χ4v) is 5.54. The summed E-state index contributed by atoms with van der Waals surface area (Å²) >= 11 is 2.30. The Labute approximate surface area is 213 Å². The van der Waals surface area contributed by atoms with E-state index in [2.05, 4.69) is 95.4 Å². The molecule has 180 valence electrons. The van der Waals surface area contributed by atoms with Crippen LogP contribution in [0.15, 0.2) is 39.5 Å². The summed E-state index contributed by atoms with van der Waals surface area (Å²) < 4.78 is 13.9. The van der Waals surface area contributed by atoms with Gasteiger partial charge in [0.05, 0.1) is 10.8 Å². The molecule has 0 fully saturated rings. The highest BCUT2D eigenvalue weighted by molar-refractivity contribution is 14.1. The molecule has 0 spiro atoms. The first-order chi connectivity index (χ1) is 15.3. The Morgan fingerprint density at radius 1 is 0.970 bits per heavy atom. The van der Waals surface area contributed by atoms with E-state index in [1.165, 1.54) is 31.2 Å². The van der Waals surface area contributed by atoms with Crippen LogP contribution in [0.2, 0.25) is 18.1 Å². The molecule has 0 bridgehead atoms. The van der Waals surface area contributed by atoms with E-state index in [1.54, 1.807) is 0 Å². The summed E-state index contributed by atoms with van der Waals surface area (Å²) in [5.74, 6) is 0.853. The molecule has 1 heterocycles. The van der Waals surface area contributed by atoms with E-state index in [9.17, 15) is 4.79 Å². The predicted molar refractivity (Wildman–Crippen MR) is 152 cm³/mol. The largest absolute Gasteiger partial charge is 0.543 e. The summed E-state index contributed by atoms with van der Waals surface area (Å²) in [5, 5.41) is 2.49. The van der Waals surface area contributed by atoms with Crippen LogP contribution in [0, 0.1) is 3.57 Å². The number of halogens is 1. The topological polar surface area (TPSA) is 39.4 Å². The standard InChI is InChI=1S/C28H39IO3Si/c1-9-10-11-12-15-28(5,6)19-16-23-25(24(17-19)32-33(7,8)27(2,3)4)22-18-20(29)13-14-21(22)26(30)31-23/h13-14,16-18H,9-12,15H2,1-8H3. The summed E-state index contributed by atoms with van der Waals surface area (Å²) in [4.78, 5) is 12.9. The van der Waals surface area contributed by atoms with Crippen LogP contribution in [0.4, 0.5) is 0 Å². The van der Waals surface area contributed by atoms with Crippen LogP contribution >= 0.6 is 22.6 Å². The predicted octanol–water partition coefficient (Wildman–Crippen LogP) is 9.18. The van der Waals surface area contributed by atoms with Gasteiger partial charge in [-0.3, -0.25) is 0 Å². The monoisotopic (exact) mass is 578 g/mol. The van der Waals surface area contributed by atoms with Crippen molar-refractivity contribution in [2.24, 2.45) is 0 Å². The van der Waals surface area contributed by atoms with Crippen molar-refractivity contribution in [1.29, 1.82) is 0 Å². The maximum absolute atomic E-state index is 12.9. The van der Waals surface area contributed by atoms with Crippen molar-refractivity contribution in [1.82, 2.24) is 0 Å². The maximum Gasteiger partial charge on any atom is 0.344 e. The average molecular weight is 579 g/mol. The Hall–Kier alpha value is -1.34. The highest BCUT2D eigenvalue weighted by Crippen LogP contribution is 2.43. The summed E-state index contributed by atoms with van der Waals surface area (Å²) in [6.45, 7) is 18.1. The van der Waals surface area contributed by atoms with E-state index < -0.39 is 8.32 Å². The molecule has 0 saturated carbocycles. The molecule has 0 atom stereocenters. The molecule has 5 heteroatoms. The molecular weight excluding hydrogens is 539 g/mol. The lowest BCUT2D eigenvalue weighted by Gasteiger charge is -2.37. The molecule has 0 aliphatic heterocycles. The minimum atomic E-state index is -2.12. The number of rotatable bonds is 8. The van der Waals surface area contributed by atoms with Crippen LogP contribution in [0.5, 0.6) is 5.75 Å². The minimum Gasteiger partial charge on any atom is -0.543 e. The Kier molecular flexibility index (Phi) is 7.74. The molecule has 0 unspecified atom stereocenters. The van der Waals surface area contributed by atoms with Crippen molar-refractivity contribution in [2.45, 2.75) is 97.2 Å². The van der Waals surface area contributed by atoms with Crippen LogP contribution in [-0.2, 0) is 5.41 Å². The molecule has 1 aromatic heterocycles. The number of hydrogen-bond donors (Lipinski definition) is 0. The first kappa shape index (κ1) is 26.3. The lowest BCUT2D eigenvalue weighted by atomic mass is 9.79. The van der Waals surface area contributed by atoms with Crippen LogP contribution < -0.4 is 10.1 Å². The number of fused-ring (bicyclic) bond motifs is 3. The first-order valence-electron chi connectivity index (χ1n) is 12.2. The SMILES string of the molecule is CCCCCCC(C)(C)c1cc(O[Si](C)(C)C(C)(C)C)c2c(c1)oc(=O)c1ccc(I)cc12. The molecule has 0 saturated heterocycles. The molecule has 2 aromatic carbocycles. The second-order valence-corrected chi connectivity index (χ2v) is 17.5. The average Bonchev–Trinajstić information content (AvgIpc) is 2.69. The molecule has 3 nitrogen and oxygen atoms in total. The fraction of sp³-hybridized carbons (Fsp3) is 0.536. The lowest BCUT2D eigenvalue weighted by molar-refractivity contribution is 0.441. The zero-order valence-corrected chi connectivity index (χ0v) is 24.7. The fourth-order valence-electron chi connectivity index (χ4n) is 4.03. The van der Waals surface area contributed by atoms with Gasteiger partial charge in [-0.25, -0.2) is 4.79 Å². The molecule has 0 amide bonds. The molecule has 0 N–H and O–H groups in total. The second kappa shape index (κ2) is 9.72. The molecule has 0 radical (unpaired) electrons. The molecule has 3 aromatic rings. The Bertz CT molecular complexity index is 1200. The minimum absolute atomic E-state index is 0.0356. The van der Waals surface area contributed by atoms with Crippen molar-refractivity contribution in [3.05, 3.63) is 49.9 Å². The third kappa shape index (κ3) is 5.67. The van der Waals surface area contributed by atoms with E-state index >= 15 is 0 Å².